The maximum atomic E-state index is 13.9. The van der Waals surface area contributed by atoms with Crippen molar-refractivity contribution in [3.63, 3.8) is 0 Å². The maximum Gasteiger partial charge on any atom is 0.141 e. The number of hydrogen-bond donors (Lipinski definition) is 4. The number of rotatable bonds is 7. The molecule has 1 aliphatic carbocycles. The Kier molecular flexibility index (Phi) is 7.01. The molecular weight excluding hydrogens is 593 g/mol. The first-order valence-electron chi connectivity index (χ1n) is 13.7. The summed E-state index contributed by atoms with van der Waals surface area (Å²) in [5.74, 6) is -0.334. The van der Waals surface area contributed by atoms with E-state index in [2.05, 4.69) is 42.6 Å². The Morgan fingerprint density at radius 3 is 2.53 bits per heavy atom. The van der Waals surface area contributed by atoms with Gasteiger partial charge in [-0.15, -0.1) is 5.53 Å². The van der Waals surface area contributed by atoms with E-state index < -0.39 is 11.9 Å². The number of benzene rings is 3. The number of aliphatic imine (C=N–C) groups is 1. The fourth-order valence-electron chi connectivity index (χ4n) is 5.75. The van der Waals surface area contributed by atoms with Gasteiger partial charge in [-0.1, -0.05) is 35.3 Å². The Morgan fingerprint density at radius 1 is 1.02 bits per heavy atom. The smallest absolute Gasteiger partial charge is 0.141 e. The van der Waals surface area contributed by atoms with Crippen LogP contribution in [-0.2, 0) is 0 Å². The second-order valence-corrected chi connectivity index (χ2v) is 11.6. The first-order valence-corrected chi connectivity index (χ1v) is 14.4. The van der Waals surface area contributed by atoms with E-state index in [1.165, 1.54) is 42.2 Å². The maximum absolute atomic E-state index is 13.9. The second kappa shape index (κ2) is 11.0. The average Bonchev–Trinajstić information content (AvgIpc) is 3.48. The fourth-order valence-corrected chi connectivity index (χ4v) is 6.19. The lowest BCUT2D eigenvalue weighted by atomic mass is 9.75. The Balaban J connectivity index is 1.27. The van der Waals surface area contributed by atoms with Crippen LogP contribution >= 0.6 is 23.2 Å². The quantitative estimate of drug-likeness (QED) is 0.178. The first kappa shape index (κ1) is 27.4. The summed E-state index contributed by atoms with van der Waals surface area (Å²) in [6.07, 6.45) is 5.51. The standard InChI is InChI=1S/C31H24Cl2F2N8/c32-24-10-20(5-6-26(24)35)39-29-18(12-36)13-38-31-23(29)9-22(11-25(31)33)40-30(16-1-3-19(34)4-2-16)27-15-43(42-41-27)28-14-37-21-7-17(28)8-21/h1-6,9-11,13,15,17,28,30,40-42H,7-8,14H2,(H,38,39)/t28?,30-/m0/s1. The van der Waals surface area contributed by atoms with Gasteiger partial charge in [-0.25, -0.2) is 8.78 Å². The Morgan fingerprint density at radius 2 is 1.81 bits per heavy atom. The molecule has 1 aromatic heterocycles. The number of hydrogen-bond acceptors (Lipinski definition) is 8. The summed E-state index contributed by atoms with van der Waals surface area (Å²) in [4.78, 5) is 9.10. The minimum absolute atomic E-state index is 0.0535. The van der Waals surface area contributed by atoms with Crippen molar-refractivity contribution in [3.05, 3.63) is 105 Å². The molecule has 2 bridgehead atoms. The molecule has 0 saturated heterocycles. The third-order valence-corrected chi connectivity index (χ3v) is 8.64. The number of halogens is 4. The van der Waals surface area contributed by atoms with E-state index in [1.54, 1.807) is 18.2 Å². The molecule has 8 nitrogen and oxygen atoms in total. The van der Waals surface area contributed by atoms with Crippen molar-refractivity contribution in [2.45, 2.75) is 24.9 Å². The lowest BCUT2D eigenvalue weighted by molar-refractivity contribution is 0.130. The van der Waals surface area contributed by atoms with Crippen LogP contribution in [0.15, 0.2) is 77.7 Å². The third-order valence-electron chi connectivity index (χ3n) is 8.07. The van der Waals surface area contributed by atoms with Crippen LogP contribution in [0.1, 0.15) is 30.0 Å². The number of nitrogens with one attached hydrogen (secondary N) is 4. The van der Waals surface area contributed by atoms with E-state index in [-0.39, 0.29) is 22.4 Å². The molecule has 4 aromatic rings. The highest BCUT2D eigenvalue weighted by atomic mass is 35.5. The molecule has 4 heterocycles. The molecular formula is C31H24Cl2F2N8. The molecule has 4 aliphatic rings. The summed E-state index contributed by atoms with van der Waals surface area (Å²) in [6.45, 7) is 0.733. The molecule has 1 unspecified atom stereocenters. The lowest BCUT2D eigenvalue weighted by Crippen LogP contribution is -2.54. The minimum Gasteiger partial charge on any atom is -0.373 e. The van der Waals surface area contributed by atoms with Crippen molar-refractivity contribution in [1.82, 2.24) is 21.0 Å². The van der Waals surface area contributed by atoms with Gasteiger partial charge in [0.15, 0.2) is 0 Å². The second-order valence-electron chi connectivity index (χ2n) is 10.8. The highest BCUT2D eigenvalue weighted by Gasteiger charge is 2.40. The molecule has 43 heavy (non-hydrogen) atoms. The van der Waals surface area contributed by atoms with Crippen molar-refractivity contribution in [2.75, 3.05) is 17.2 Å². The number of aromatic nitrogens is 1. The first-order chi connectivity index (χ1) is 20.9. The molecule has 1 saturated carbocycles. The molecule has 0 spiro atoms. The zero-order valence-corrected chi connectivity index (χ0v) is 24.0. The van der Waals surface area contributed by atoms with Gasteiger partial charge in [-0.2, -0.15) is 5.26 Å². The lowest BCUT2D eigenvalue weighted by Gasteiger charge is -2.43. The summed E-state index contributed by atoms with van der Waals surface area (Å²) in [5, 5.41) is 19.5. The molecule has 4 N–H and O–H groups in total. The Labute approximate surface area is 256 Å². The van der Waals surface area contributed by atoms with Crippen LogP contribution in [-0.4, -0.2) is 28.3 Å². The van der Waals surface area contributed by atoms with Gasteiger partial charge in [-0.3, -0.25) is 15.0 Å². The fraction of sp³-hybridized carbons (Fsp3) is 0.194. The molecule has 0 amide bonds. The van der Waals surface area contributed by atoms with Crippen LogP contribution in [0, 0.1) is 28.9 Å². The third kappa shape index (κ3) is 5.20. The van der Waals surface area contributed by atoms with Crippen LogP contribution in [0.3, 0.4) is 0 Å². The van der Waals surface area contributed by atoms with E-state index in [9.17, 15) is 14.0 Å². The van der Waals surface area contributed by atoms with Gasteiger partial charge in [0.2, 0.25) is 0 Å². The van der Waals surface area contributed by atoms with E-state index in [4.69, 9.17) is 23.2 Å². The number of fused-ring (bicyclic) bond motifs is 3. The van der Waals surface area contributed by atoms with Gasteiger partial charge in [0.1, 0.15) is 17.7 Å². The van der Waals surface area contributed by atoms with Gasteiger partial charge in [0.05, 0.1) is 51.1 Å². The van der Waals surface area contributed by atoms with Crippen molar-refractivity contribution < 1.29 is 8.78 Å². The summed E-state index contributed by atoms with van der Waals surface area (Å²) >= 11 is 12.7. The van der Waals surface area contributed by atoms with E-state index in [1.807, 2.05) is 12.3 Å². The van der Waals surface area contributed by atoms with E-state index in [0.717, 1.165) is 30.6 Å². The van der Waals surface area contributed by atoms with Crippen LogP contribution in [0.5, 0.6) is 0 Å². The molecule has 3 aliphatic heterocycles. The predicted octanol–water partition coefficient (Wildman–Crippen LogP) is 6.99. The van der Waals surface area contributed by atoms with Crippen LogP contribution in [0.2, 0.25) is 10.0 Å². The summed E-state index contributed by atoms with van der Waals surface area (Å²) < 4.78 is 27.7. The van der Waals surface area contributed by atoms with E-state index in [0.29, 0.717) is 38.9 Å². The van der Waals surface area contributed by atoms with Gasteiger partial charge in [0, 0.05) is 34.9 Å². The van der Waals surface area contributed by atoms with Gasteiger partial charge in [-0.05, 0) is 66.8 Å². The largest absolute Gasteiger partial charge is 0.373 e. The number of hydrazine groups is 2. The van der Waals surface area contributed by atoms with E-state index >= 15 is 0 Å². The van der Waals surface area contributed by atoms with Crippen molar-refractivity contribution in [1.29, 1.82) is 5.26 Å². The molecule has 8 rings (SSSR count). The van der Waals surface area contributed by atoms with Gasteiger partial charge >= 0.3 is 0 Å². The molecule has 3 aromatic carbocycles. The van der Waals surface area contributed by atoms with Crippen LogP contribution in [0.4, 0.5) is 25.8 Å². The SMILES string of the molecule is N#Cc1cnc2c(Cl)cc(N[C@H](C3=CN(C4CN=C5CC4C5)NN3)c3ccc(F)cc3)cc2c1Nc1ccc(F)c(Cl)c1. The number of nitrogens with zero attached hydrogens (tertiary/aromatic N) is 4. The number of pyridine rings is 1. The summed E-state index contributed by atoms with van der Waals surface area (Å²) in [5.41, 5.74) is 11.8. The normalized spacial score (nSPS) is 19.6. The molecule has 0 radical (unpaired) electrons. The van der Waals surface area contributed by atoms with Gasteiger partial charge < -0.3 is 16.1 Å². The molecule has 12 heteroatoms. The van der Waals surface area contributed by atoms with Crippen molar-refractivity contribution in [3.8, 4) is 6.07 Å². The number of nitriles is 1. The molecule has 216 valence electrons. The van der Waals surface area contributed by atoms with Crippen molar-refractivity contribution in [2.24, 2.45) is 10.9 Å². The number of anilines is 3. The predicted molar refractivity (Wildman–Crippen MR) is 164 cm³/mol. The van der Waals surface area contributed by atoms with Crippen molar-refractivity contribution >= 4 is 56.9 Å². The summed E-state index contributed by atoms with van der Waals surface area (Å²) in [6, 6.07) is 16.1. The monoisotopic (exact) mass is 616 g/mol. The Hall–Kier alpha value is -4.43. The highest BCUT2D eigenvalue weighted by molar-refractivity contribution is 6.36. The van der Waals surface area contributed by atoms with Crippen LogP contribution in [0.25, 0.3) is 10.9 Å². The minimum atomic E-state index is -0.551. The highest BCUT2D eigenvalue weighted by Crippen LogP contribution is 2.39. The average molecular weight is 617 g/mol. The topological polar surface area (TPSA) is 100 Å². The molecule has 2 atom stereocenters. The van der Waals surface area contributed by atoms with Gasteiger partial charge in [0.25, 0.3) is 0 Å². The zero-order chi connectivity index (χ0) is 29.7. The Bertz CT molecular complexity index is 1850. The molecule has 1 fully saturated rings. The summed E-state index contributed by atoms with van der Waals surface area (Å²) in [7, 11) is 0. The zero-order valence-electron chi connectivity index (χ0n) is 22.5. The van der Waals surface area contributed by atoms with Crippen LogP contribution < -0.4 is 21.6 Å².